The molecule has 0 saturated carbocycles. The molecule has 4 unspecified atom stereocenters. The summed E-state index contributed by atoms with van der Waals surface area (Å²) in [6, 6.07) is 16.4. The lowest BCUT2D eigenvalue weighted by Crippen LogP contribution is -2.13. The van der Waals surface area contributed by atoms with Crippen LogP contribution in [0.15, 0.2) is 54.6 Å². The number of para-hydroxylation sites is 1. The first kappa shape index (κ1) is 12.6. The number of aromatic hydroxyl groups is 1. The summed E-state index contributed by atoms with van der Waals surface area (Å²) in [5, 5.41) is 9.72. The molecular formula is C17H14O4. The van der Waals surface area contributed by atoms with E-state index in [0.29, 0.717) is 5.56 Å². The average molecular weight is 282 g/mol. The van der Waals surface area contributed by atoms with Crippen LogP contribution in [-0.2, 0) is 9.47 Å². The summed E-state index contributed by atoms with van der Waals surface area (Å²) in [5.74, 6) is -0.187. The minimum absolute atomic E-state index is 0.00641. The first-order valence-electron chi connectivity index (χ1n) is 6.94. The number of hydrogen-bond acceptors (Lipinski definition) is 4. The van der Waals surface area contributed by atoms with Crippen molar-refractivity contribution in [1.29, 1.82) is 0 Å². The molecule has 2 aromatic rings. The summed E-state index contributed by atoms with van der Waals surface area (Å²) in [7, 11) is 0. The molecule has 0 radical (unpaired) electrons. The first-order valence-corrected chi connectivity index (χ1v) is 6.94. The van der Waals surface area contributed by atoms with Crippen LogP contribution < -0.4 is 0 Å². The van der Waals surface area contributed by atoms with E-state index in [9.17, 15) is 9.90 Å². The Balaban J connectivity index is 1.44. The van der Waals surface area contributed by atoms with Crippen molar-refractivity contribution in [3.63, 3.8) is 0 Å². The molecule has 2 aliphatic heterocycles. The maximum Gasteiger partial charge on any atom is 0.198 e. The van der Waals surface area contributed by atoms with Crippen molar-refractivity contribution in [2.75, 3.05) is 0 Å². The smallest absolute Gasteiger partial charge is 0.198 e. The van der Waals surface area contributed by atoms with Crippen LogP contribution in [0.4, 0.5) is 0 Å². The highest BCUT2D eigenvalue weighted by Gasteiger charge is 2.60. The van der Waals surface area contributed by atoms with Crippen molar-refractivity contribution < 1.29 is 19.4 Å². The third-order valence-electron chi connectivity index (χ3n) is 3.93. The maximum atomic E-state index is 12.3. The third-order valence-corrected chi connectivity index (χ3v) is 3.93. The number of benzene rings is 2. The number of phenolic OH excluding ortho intramolecular Hbond substituents is 1. The van der Waals surface area contributed by atoms with Crippen LogP contribution in [0, 0.1) is 0 Å². The van der Waals surface area contributed by atoms with Gasteiger partial charge in [-0.1, -0.05) is 42.5 Å². The second-order valence-corrected chi connectivity index (χ2v) is 5.33. The van der Waals surface area contributed by atoms with E-state index in [1.807, 2.05) is 30.3 Å². The van der Waals surface area contributed by atoms with Crippen LogP contribution in [0.3, 0.4) is 0 Å². The van der Waals surface area contributed by atoms with Crippen molar-refractivity contribution in [3.8, 4) is 5.75 Å². The highest BCUT2D eigenvalue weighted by Crippen LogP contribution is 2.48. The molecule has 4 atom stereocenters. The molecule has 106 valence electrons. The predicted molar refractivity (Wildman–Crippen MR) is 75.2 cm³/mol. The SMILES string of the molecule is O=C(c1ccccc1O)C1OC1C1OC1c1ccccc1. The number of ketones is 1. The predicted octanol–water partition coefficient (Wildman–Crippen LogP) is 2.48. The van der Waals surface area contributed by atoms with Gasteiger partial charge in [-0.2, -0.15) is 0 Å². The number of ether oxygens (including phenoxy) is 2. The normalized spacial score (nSPS) is 29.9. The highest BCUT2D eigenvalue weighted by atomic mass is 16.7. The molecule has 2 heterocycles. The van der Waals surface area contributed by atoms with Crippen molar-refractivity contribution in [3.05, 3.63) is 65.7 Å². The van der Waals surface area contributed by atoms with E-state index in [1.54, 1.807) is 18.2 Å². The average Bonchev–Trinajstić information content (AvgIpc) is 3.39. The van der Waals surface area contributed by atoms with Gasteiger partial charge >= 0.3 is 0 Å². The monoisotopic (exact) mass is 282 g/mol. The van der Waals surface area contributed by atoms with Gasteiger partial charge in [0, 0.05) is 0 Å². The Kier molecular flexibility index (Phi) is 2.80. The van der Waals surface area contributed by atoms with Crippen LogP contribution >= 0.6 is 0 Å². The summed E-state index contributed by atoms with van der Waals surface area (Å²) < 4.78 is 11.1. The Morgan fingerprint density at radius 2 is 1.62 bits per heavy atom. The molecule has 2 saturated heterocycles. The zero-order chi connectivity index (χ0) is 14.4. The molecule has 0 aliphatic carbocycles. The van der Waals surface area contributed by atoms with Crippen molar-refractivity contribution >= 4 is 5.78 Å². The van der Waals surface area contributed by atoms with Gasteiger partial charge in [-0.05, 0) is 17.7 Å². The molecule has 0 aromatic heterocycles. The molecule has 0 spiro atoms. The molecule has 2 aromatic carbocycles. The Labute approximate surface area is 121 Å². The Morgan fingerprint density at radius 1 is 0.905 bits per heavy atom. The summed E-state index contributed by atoms with van der Waals surface area (Å²) in [4.78, 5) is 12.3. The van der Waals surface area contributed by atoms with Crippen molar-refractivity contribution in [2.45, 2.75) is 24.4 Å². The molecule has 0 bridgehead atoms. The molecule has 4 heteroatoms. The number of carbonyl (C=O) groups is 1. The number of phenols is 1. The van der Waals surface area contributed by atoms with Crippen molar-refractivity contribution in [2.24, 2.45) is 0 Å². The molecule has 0 amide bonds. The highest BCUT2D eigenvalue weighted by molar-refractivity contribution is 6.03. The van der Waals surface area contributed by atoms with E-state index in [0.717, 1.165) is 5.56 Å². The molecular weight excluding hydrogens is 268 g/mol. The third kappa shape index (κ3) is 2.22. The number of hydrogen-bond donors (Lipinski definition) is 1. The van der Waals surface area contributed by atoms with Crippen molar-refractivity contribution in [1.82, 2.24) is 0 Å². The lowest BCUT2D eigenvalue weighted by atomic mass is 10.0. The number of epoxide rings is 2. The van der Waals surface area contributed by atoms with Crippen LogP contribution in [0.25, 0.3) is 0 Å². The zero-order valence-corrected chi connectivity index (χ0v) is 11.2. The van der Waals surface area contributed by atoms with E-state index in [-0.39, 0.29) is 29.8 Å². The Morgan fingerprint density at radius 3 is 2.38 bits per heavy atom. The molecule has 1 N–H and O–H groups in total. The van der Waals surface area contributed by atoms with Gasteiger partial charge in [-0.25, -0.2) is 0 Å². The standard InChI is InChI=1S/C17H14O4/c18-12-9-5-4-8-11(12)13(19)15-17(21-15)16-14(20-16)10-6-2-1-3-7-10/h1-9,14-18H. The summed E-state index contributed by atoms with van der Waals surface area (Å²) in [6.07, 6.45) is -0.759. The summed E-state index contributed by atoms with van der Waals surface area (Å²) >= 11 is 0. The fourth-order valence-corrected chi connectivity index (χ4v) is 2.70. The topological polar surface area (TPSA) is 62.4 Å². The van der Waals surface area contributed by atoms with Gasteiger partial charge in [0.2, 0.25) is 0 Å². The van der Waals surface area contributed by atoms with Gasteiger partial charge in [0.1, 0.15) is 30.2 Å². The first-order chi connectivity index (χ1) is 10.3. The molecule has 2 aliphatic rings. The summed E-state index contributed by atoms with van der Waals surface area (Å²) in [5.41, 5.74) is 1.41. The van der Waals surface area contributed by atoms with E-state index >= 15 is 0 Å². The second-order valence-electron chi connectivity index (χ2n) is 5.33. The fraction of sp³-hybridized carbons (Fsp3) is 0.235. The Bertz CT molecular complexity index is 682. The minimum Gasteiger partial charge on any atom is -0.507 e. The summed E-state index contributed by atoms with van der Waals surface area (Å²) in [6.45, 7) is 0. The largest absolute Gasteiger partial charge is 0.507 e. The lowest BCUT2D eigenvalue weighted by molar-refractivity contribution is 0.0951. The quantitative estimate of drug-likeness (QED) is 0.691. The molecule has 21 heavy (non-hydrogen) atoms. The van der Waals surface area contributed by atoms with Crippen LogP contribution in [0.2, 0.25) is 0 Å². The van der Waals surface area contributed by atoms with E-state index in [2.05, 4.69) is 0 Å². The Hall–Kier alpha value is -2.17. The molecule has 4 nitrogen and oxygen atoms in total. The number of Topliss-reactive ketones (excluding diaryl/α,β-unsaturated/α-hetero) is 1. The van der Waals surface area contributed by atoms with Gasteiger partial charge in [-0.3, -0.25) is 4.79 Å². The fourth-order valence-electron chi connectivity index (χ4n) is 2.70. The number of rotatable bonds is 4. The van der Waals surface area contributed by atoms with Crippen LogP contribution in [0.5, 0.6) is 5.75 Å². The van der Waals surface area contributed by atoms with Gasteiger partial charge in [0.15, 0.2) is 5.78 Å². The lowest BCUT2D eigenvalue weighted by Gasteiger charge is -1.99. The maximum absolute atomic E-state index is 12.3. The van der Waals surface area contributed by atoms with Crippen LogP contribution in [0.1, 0.15) is 22.0 Å². The molecule has 4 rings (SSSR count). The van der Waals surface area contributed by atoms with E-state index < -0.39 is 6.10 Å². The second kappa shape index (κ2) is 4.69. The molecule has 2 fully saturated rings. The van der Waals surface area contributed by atoms with Gasteiger partial charge < -0.3 is 14.6 Å². The van der Waals surface area contributed by atoms with Gasteiger partial charge in [0.25, 0.3) is 0 Å². The van der Waals surface area contributed by atoms with Gasteiger partial charge in [-0.15, -0.1) is 0 Å². The van der Waals surface area contributed by atoms with Crippen LogP contribution in [-0.4, -0.2) is 29.2 Å². The van der Waals surface area contributed by atoms with Gasteiger partial charge in [0.05, 0.1) is 5.56 Å². The zero-order valence-electron chi connectivity index (χ0n) is 11.2. The number of carbonyl (C=O) groups excluding carboxylic acids is 1. The minimum atomic E-state index is -0.503. The van der Waals surface area contributed by atoms with E-state index in [4.69, 9.17) is 9.47 Å². The van der Waals surface area contributed by atoms with E-state index in [1.165, 1.54) is 6.07 Å².